The number of halogens is 1. The van der Waals surface area contributed by atoms with Crippen molar-refractivity contribution in [2.24, 2.45) is 5.73 Å². The average molecular weight is 252 g/mol. The second kappa shape index (κ2) is 5.46. The van der Waals surface area contributed by atoms with Crippen LogP contribution < -0.4 is 10.6 Å². The maximum Gasteiger partial charge on any atom is 0.255 e. The normalized spacial score (nSPS) is 23.1. The number of rotatable bonds is 3. The highest BCUT2D eigenvalue weighted by molar-refractivity contribution is 5.96. The fraction of sp³-hybridized carbons (Fsp3) is 0.462. The van der Waals surface area contributed by atoms with Gasteiger partial charge in [-0.1, -0.05) is 0 Å². The van der Waals surface area contributed by atoms with Gasteiger partial charge in [-0.2, -0.15) is 0 Å². The van der Waals surface area contributed by atoms with E-state index in [1.54, 1.807) is 19.2 Å². The monoisotopic (exact) mass is 252 g/mol. The molecule has 0 aliphatic carbocycles. The maximum atomic E-state index is 12.8. The van der Waals surface area contributed by atoms with Crippen molar-refractivity contribution in [1.29, 1.82) is 0 Å². The van der Waals surface area contributed by atoms with E-state index < -0.39 is 6.10 Å². The van der Waals surface area contributed by atoms with Gasteiger partial charge in [0.25, 0.3) is 5.91 Å². The Morgan fingerprint density at radius 1 is 1.44 bits per heavy atom. The number of hydrogen-bond donors (Lipinski definition) is 1. The first-order valence-corrected chi connectivity index (χ1v) is 6.00. The lowest BCUT2D eigenvalue weighted by Crippen LogP contribution is -2.37. The van der Waals surface area contributed by atoms with Gasteiger partial charge >= 0.3 is 0 Å². The molecule has 1 heterocycles. The Kier molecular flexibility index (Phi) is 3.93. The molecule has 0 bridgehead atoms. The zero-order valence-electron chi connectivity index (χ0n) is 10.3. The third kappa shape index (κ3) is 2.68. The fourth-order valence-corrected chi connectivity index (χ4v) is 2.07. The van der Waals surface area contributed by atoms with Crippen molar-refractivity contribution in [1.82, 2.24) is 0 Å². The summed E-state index contributed by atoms with van der Waals surface area (Å²) in [6.45, 7) is 0.435. The number of hydrogen-bond acceptors (Lipinski definition) is 3. The van der Waals surface area contributed by atoms with Crippen LogP contribution in [0.2, 0.25) is 0 Å². The molecule has 0 aromatic heterocycles. The number of anilines is 1. The summed E-state index contributed by atoms with van der Waals surface area (Å²) in [5.74, 6) is -0.433. The second-order valence-corrected chi connectivity index (χ2v) is 4.43. The van der Waals surface area contributed by atoms with Crippen LogP contribution in [-0.2, 0) is 9.53 Å². The van der Waals surface area contributed by atoms with Crippen molar-refractivity contribution in [2.45, 2.75) is 25.0 Å². The van der Waals surface area contributed by atoms with Crippen molar-refractivity contribution in [3.05, 3.63) is 30.1 Å². The molecule has 2 N–H and O–H groups in total. The number of carbonyl (C=O) groups excluding carboxylic acids is 1. The SMILES string of the molecule is CN(C(=O)[C@@H]1CC[C@H](CN)O1)c1ccc(F)cc1. The summed E-state index contributed by atoms with van der Waals surface area (Å²) in [4.78, 5) is 13.6. The predicted octanol–water partition coefficient (Wildman–Crippen LogP) is 1.29. The van der Waals surface area contributed by atoms with Crippen molar-refractivity contribution in [2.75, 3.05) is 18.5 Å². The number of nitrogens with zero attached hydrogens (tertiary/aromatic N) is 1. The number of benzene rings is 1. The first-order valence-electron chi connectivity index (χ1n) is 6.00. The molecule has 2 rings (SSSR count). The Bertz CT molecular complexity index is 422. The molecule has 1 fully saturated rings. The zero-order chi connectivity index (χ0) is 13.1. The van der Waals surface area contributed by atoms with E-state index in [2.05, 4.69) is 0 Å². The molecule has 18 heavy (non-hydrogen) atoms. The smallest absolute Gasteiger partial charge is 0.255 e. The predicted molar refractivity (Wildman–Crippen MR) is 66.8 cm³/mol. The van der Waals surface area contributed by atoms with E-state index in [-0.39, 0.29) is 17.8 Å². The minimum Gasteiger partial charge on any atom is -0.364 e. The van der Waals surface area contributed by atoms with Crippen LogP contribution in [0.4, 0.5) is 10.1 Å². The molecule has 2 atom stereocenters. The molecular weight excluding hydrogens is 235 g/mol. The molecule has 4 nitrogen and oxygen atoms in total. The molecule has 0 radical (unpaired) electrons. The summed E-state index contributed by atoms with van der Waals surface area (Å²) in [5, 5.41) is 0. The zero-order valence-corrected chi connectivity index (χ0v) is 10.3. The topological polar surface area (TPSA) is 55.6 Å². The summed E-state index contributed by atoms with van der Waals surface area (Å²) >= 11 is 0. The van der Waals surface area contributed by atoms with E-state index in [1.165, 1.54) is 17.0 Å². The first kappa shape index (κ1) is 13.0. The molecule has 1 aromatic carbocycles. The number of nitrogens with two attached hydrogens (primary N) is 1. The molecule has 5 heteroatoms. The standard InChI is InChI=1S/C13H17FN2O2/c1-16(10-4-2-9(14)3-5-10)13(17)12-7-6-11(8-15)18-12/h2-5,11-12H,6-8,15H2,1H3/t11-,12+/m1/s1. The molecule has 1 aromatic rings. The van der Waals surface area contributed by atoms with Gasteiger partial charge in [0.1, 0.15) is 11.9 Å². The van der Waals surface area contributed by atoms with Gasteiger partial charge in [0.2, 0.25) is 0 Å². The van der Waals surface area contributed by atoms with Crippen LogP contribution in [0.25, 0.3) is 0 Å². The van der Waals surface area contributed by atoms with Crippen molar-refractivity contribution >= 4 is 11.6 Å². The molecule has 1 amide bonds. The molecule has 1 aliphatic rings. The molecule has 1 aliphatic heterocycles. The summed E-state index contributed by atoms with van der Waals surface area (Å²) in [7, 11) is 1.66. The molecule has 0 saturated carbocycles. The lowest BCUT2D eigenvalue weighted by atomic mass is 10.1. The number of amides is 1. The third-order valence-corrected chi connectivity index (χ3v) is 3.19. The molecule has 0 spiro atoms. The molecule has 0 unspecified atom stereocenters. The van der Waals surface area contributed by atoms with E-state index in [4.69, 9.17) is 10.5 Å². The number of likely N-dealkylation sites (N-methyl/N-ethyl adjacent to an activating group) is 1. The summed E-state index contributed by atoms with van der Waals surface area (Å²) in [6.07, 6.45) is 1.03. The Labute approximate surface area is 106 Å². The van der Waals surface area contributed by atoms with Gasteiger partial charge in [0.05, 0.1) is 6.10 Å². The van der Waals surface area contributed by atoms with Gasteiger partial charge in [0, 0.05) is 19.3 Å². The number of carbonyl (C=O) groups is 1. The van der Waals surface area contributed by atoms with Crippen molar-refractivity contribution in [3.8, 4) is 0 Å². The van der Waals surface area contributed by atoms with Gasteiger partial charge in [-0.15, -0.1) is 0 Å². The molecule has 1 saturated heterocycles. The van der Waals surface area contributed by atoms with Crippen LogP contribution in [-0.4, -0.2) is 31.7 Å². The van der Waals surface area contributed by atoms with Crippen LogP contribution in [0.5, 0.6) is 0 Å². The molecular formula is C13H17FN2O2. The van der Waals surface area contributed by atoms with E-state index in [0.29, 0.717) is 18.7 Å². The highest BCUT2D eigenvalue weighted by atomic mass is 19.1. The minimum atomic E-state index is -0.436. The van der Waals surface area contributed by atoms with Gasteiger partial charge in [-0.3, -0.25) is 4.79 Å². The molecule has 98 valence electrons. The van der Waals surface area contributed by atoms with Gasteiger partial charge < -0.3 is 15.4 Å². The van der Waals surface area contributed by atoms with Crippen molar-refractivity contribution < 1.29 is 13.9 Å². The first-order chi connectivity index (χ1) is 8.61. The highest BCUT2D eigenvalue weighted by Crippen LogP contribution is 2.23. The third-order valence-electron chi connectivity index (χ3n) is 3.19. The van der Waals surface area contributed by atoms with E-state index in [9.17, 15) is 9.18 Å². The largest absolute Gasteiger partial charge is 0.364 e. The van der Waals surface area contributed by atoms with Crippen LogP contribution in [0.1, 0.15) is 12.8 Å². The second-order valence-electron chi connectivity index (χ2n) is 4.43. The van der Waals surface area contributed by atoms with E-state index >= 15 is 0 Å². The van der Waals surface area contributed by atoms with Crippen LogP contribution in [0.3, 0.4) is 0 Å². The maximum absolute atomic E-state index is 12.8. The summed E-state index contributed by atoms with van der Waals surface area (Å²) < 4.78 is 18.4. The number of ether oxygens (including phenoxy) is 1. The lowest BCUT2D eigenvalue weighted by Gasteiger charge is -2.21. The van der Waals surface area contributed by atoms with Crippen LogP contribution >= 0.6 is 0 Å². The summed E-state index contributed by atoms with van der Waals surface area (Å²) in [6, 6.07) is 5.81. The minimum absolute atomic E-state index is 0.0273. The van der Waals surface area contributed by atoms with E-state index in [0.717, 1.165) is 6.42 Å². The van der Waals surface area contributed by atoms with Gasteiger partial charge in [-0.25, -0.2) is 4.39 Å². The quantitative estimate of drug-likeness (QED) is 0.882. The highest BCUT2D eigenvalue weighted by Gasteiger charge is 2.32. The Morgan fingerprint density at radius 2 is 2.11 bits per heavy atom. The Balaban J connectivity index is 2.03. The van der Waals surface area contributed by atoms with Crippen LogP contribution in [0, 0.1) is 5.82 Å². The van der Waals surface area contributed by atoms with Gasteiger partial charge in [0.15, 0.2) is 0 Å². The summed E-state index contributed by atoms with van der Waals surface area (Å²) in [5.41, 5.74) is 6.16. The fourth-order valence-electron chi connectivity index (χ4n) is 2.07. The lowest BCUT2D eigenvalue weighted by molar-refractivity contribution is -0.128. The van der Waals surface area contributed by atoms with Crippen LogP contribution in [0.15, 0.2) is 24.3 Å². The Morgan fingerprint density at radius 3 is 2.67 bits per heavy atom. The van der Waals surface area contributed by atoms with E-state index in [1.807, 2.05) is 0 Å². The average Bonchev–Trinajstić information content (AvgIpc) is 2.86. The van der Waals surface area contributed by atoms with Gasteiger partial charge in [-0.05, 0) is 37.1 Å². The van der Waals surface area contributed by atoms with Crippen molar-refractivity contribution in [3.63, 3.8) is 0 Å². The Hall–Kier alpha value is -1.46.